The van der Waals surface area contributed by atoms with Crippen molar-refractivity contribution < 1.29 is 23.8 Å². The summed E-state index contributed by atoms with van der Waals surface area (Å²) in [5.74, 6) is -2.78. The van der Waals surface area contributed by atoms with Crippen molar-refractivity contribution in [1.29, 1.82) is 0 Å². The van der Waals surface area contributed by atoms with Gasteiger partial charge in [0.05, 0.1) is 16.8 Å². The van der Waals surface area contributed by atoms with Gasteiger partial charge in [-0.05, 0) is 56.1 Å². The van der Waals surface area contributed by atoms with Gasteiger partial charge in [-0.3, -0.25) is 14.8 Å². The zero-order valence-corrected chi connectivity index (χ0v) is 19.4. The van der Waals surface area contributed by atoms with E-state index in [1.54, 1.807) is 0 Å². The molecule has 2 aromatic rings. The Bertz CT molecular complexity index is 968. The number of carboxylic acids is 1. The predicted octanol–water partition coefficient (Wildman–Crippen LogP) is 4.01. The molecule has 0 radical (unpaired) electrons. The average Bonchev–Trinajstić information content (AvgIpc) is 2.79. The zero-order chi connectivity index (χ0) is 23.8. The Kier molecular flexibility index (Phi) is 9.14. The van der Waals surface area contributed by atoms with Crippen LogP contribution in [0.3, 0.4) is 0 Å². The minimum atomic E-state index is -1.23. The molecule has 2 atom stereocenters. The van der Waals surface area contributed by atoms with Crippen LogP contribution in [0.15, 0.2) is 24.5 Å². The van der Waals surface area contributed by atoms with Crippen LogP contribution in [0.1, 0.15) is 59.9 Å². The molecule has 0 unspecified atom stereocenters. The van der Waals surface area contributed by atoms with Crippen LogP contribution in [0.4, 0.5) is 4.39 Å². The van der Waals surface area contributed by atoms with Gasteiger partial charge in [-0.15, -0.1) is 0 Å². The van der Waals surface area contributed by atoms with E-state index in [0.717, 1.165) is 43.8 Å². The third-order valence-electron chi connectivity index (χ3n) is 5.77. The fourth-order valence-corrected chi connectivity index (χ4v) is 4.08. The second-order valence-electron chi connectivity index (χ2n) is 8.47. The van der Waals surface area contributed by atoms with E-state index in [2.05, 4.69) is 29.4 Å². The Morgan fingerprint density at radius 1 is 1.24 bits per heavy atom. The summed E-state index contributed by atoms with van der Waals surface area (Å²) in [6.07, 6.45) is 8.41. The molecule has 1 aliphatic rings. The fraction of sp³-hybridized carbons (Fsp3) is 0.500. The first-order valence-corrected chi connectivity index (χ1v) is 11.6. The van der Waals surface area contributed by atoms with Gasteiger partial charge < -0.3 is 15.2 Å². The molecule has 178 valence electrons. The molecule has 33 heavy (non-hydrogen) atoms. The molecule has 3 rings (SSSR count). The molecule has 0 aromatic carbocycles. The summed E-state index contributed by atoms with van der Waals surface area (Å²) >= 11 is 5.82. The number of hydrogen-bond acceptors (Lipinski definition) is 5. The van der Waals surface area contributed by atoms with E-state index in [4.69, 9.17) is 21.3 Å². The van der Waals surface area contributed by atoms with E-state index in [1.165, 1.54) is 24.1 Å². The van der Waals surface area contributed by atoms with Crippen molar-refractivity contribution in [3.8, 4) is 0 Å². The van der Waals surface area contributed by atoms with E-state index in [-0.39, 0.29) is 24.0 Å². The van der Waals surface area contributed by atoms with Crippen LogP contribution in [-0.2, 0) is 28.8 Å². The van der Waals surface area contributed by atoms with Crippen molar-refractivity contribution in [3.63, 3.8) is 0 Å². The molecule has 0 bridgehead atoms. The number of fused-ring (bicyclic) bond motifs is 1. The lowest BCUT2D eigenvalue weighted by atomic mass is 9.95. The standard InChI is InChI=1S/C24H29ClFN3O4/c1-15(6-8-17-9-7-16-4-2-3-5-20(16)28-17)14-33-11-10-21(24(31)32)29-23(30)22-18(25)12-27-13-19(22)26/h7,9,12-13,15,21H,2-6,8,10-11,14H2,1H3,(H,29,30)(H,31,32)/t15-,21-/m1/s1. The van der Waals surface area contributed by atoms with Gasteiger partial charge in [-0.25, -0.2) is 9.18 Å². The summed E-state index contributed by atoms with van der Waals surface area (Å²) in [6.45, 7) is 2.68. The highest BCUT2D eigenvalue weighted by atomic mass is 35.5. The minimum absolute atomic E-state index is 0.0461. The summed E-state index contributed by atoms with van der Waals surface area (Å²) in [5.41, 5.74) is 3.27. The van der Waals surface area contributed by atoms with E-state index in [1.807, 2.05) is 0 Å². The van der Waals surface area contributed by atoms with Crippen molar-refractivity contribution in [2.24, 2.45) is 5.92 Å². The third kappa shape index (κ3) is 7.20. The van der Waals surface area contributed by atoms with Gasteiger partial charge >= 0.3 is 5.97 Å². The first-order chi connectivity index (χ1) is 15.8. The minimum Gasteiger partial charge on any atom is -0.480 e. The highest BCUT2D eigenvalue weighted by Gasteiger charge is 2.24. The summed E-state index contributed by atoms with van der Waals surface area (Å²) in [4.78, 5) is 32.1. The molecular formula is C24H29ClFN3O4. The summed E-state index contributed by atoms with van der Waals surface area (Å²) in [5, 5.41) is 11.5. The van der Waals surface area contributed by atoms with E-state index >= 15 is 0 Å². The summed E-state index contributed by atoms with van der Waals surface area (Å²) in [7, 11) is 0. The molecule has 9 heteroatoms. The normalized spacial score (nSPS) is 14.9. The number of rotatable bonds is 11. The number of carbonyl (C=O) groups excluding carboxylic acids is 1. The highest BCUT2D eigenvalue weighted by Crippen LogP contribution is 2.21. The fourth-order valence-electron chi connectivity index (χ4n) is 3.85. The number of amides is 1. The van der Waals surface area contributed by atoms with Gasteiger partial charge in [0.2, 0.25) is 0 Å². The summed E-state index contributed by atoms with van der Waals surface area (Å²) < 4.78 is 19.5. The molecule has 7 nitrogen and oxygen atoms in total. The number of carbonyl (C=O) groups is 2. The topological polar surface area (TPSA) is 101 Å². The van der Waals surface area contributed by atoms with Crippen LogP contribution in [-0.4, -0.2) is 46.2 Å². The molecule has 0 spiro atoms. The van der Waals surface area contributed by atoms with Crippen molar-refractivity contribution in [2.45, 2.75) is 57.9 Å². The molecule has 0 fully saturated rings. The average molecular weight is 478 g/mol. The van der Waals surface area contributed by atoms with Crippen LogP contribution in [0.25, 0.3) is 0 Å². The molecular weight excluding hydrogens is 449 g/mol. The first-order valence-electron chi connectivity index (χ1n) is 11.2. The third-order valence-corrected chi connectivity index (χ3v) is 6.05. The van der Waals surface area contributed by atoms with Crippen LogP contribution >= 0.6 is 11.6 Å². The smallest absolute Gasteiger partial charge is 0.326 e. The second-order valence-corrected chi connectivity index (χ2v) is 8.87. The lowest BCUT2D eigenvalue weighted by Crippen LogP contribution is -2.42. The van der Waals surface area contributed by atoms with Gasteiger partial charge in [0, 0.05) is 37.2 Å². The number of ether oxygens (including phenoxy) is 1. The van der Waals surface area contributed by atoms with Gasteiger partial charge in [-0.1, -0.05) is 24.6 Å². The second kappa shape index (κ2) is 12.0. The maximum absolute atomic E-state index is 13.8. The highest BCUT2D eigenvalue weighted by molar-refractivity contribution is 6.33. The molecule has 1 aliphatic carbocycles. The number of aryl methyl sites for hydroxylation is 3. The molecule has 0 saturated carbocycles. The van der Waals surface area contributed by atoms with Crippen LogP contribution in [0, 0.1) is 11.7 Å². The predicted molar refractivity (Wildman–Crippen MR) is 122 cm³/mol. The number of carboxylic acid groups (broad SMARTS) is 1. The largest absolute Gasteiger partial charge is 0.480 e. The number of halogens is 2. The molecule has 2 N–H and O–H groups in total. The molecule has 0 saturated heterocycles. The number of hydrogen-bond donors (Lipinski definition) is 2. The molecule has 2 aromatic heterocycles. The zero-order valence-electron chi connectivity index (χ0n) is 18.7. The Labute approximate surface area is 197 Å². The number of aromatic nitrogens is 2. The number of aliphatic carboxylic acids is 1. The van der Waals surface area contributed by atoms with E-state index < -0.39 is 29.3 Å². The van der Waals surface area contributed by atoms with Crippen molar-refractivity contribution in [1.82, 2.24) is 15.3 Å². The lowest BCUT2D eigenvalue weighted by molar-refractivity contribution is -0.139. The van der Waals surface area contributed by atoms with Crippen LogP contribution in [0.2, 0.25) is 5.02 Å². The SMILES string of the molecule is C[C@H](CCc1ccc2c(n1)CCCC2)COCC[C@@H](NC(=O)c1c(F)cncc1Cl)C(=O)O. The van der Waals surface area contributed by atoms with Crippen molar-refractivity contribution in [2.75, 3.05) is 13.2 Å². The molecule has 2 heterocycles. The number of nitrogens with one attached hydrogen (secondary N) is 1. The maximum atomic E-state index is 13.8. The number of pyridine rings is 2. The maximum Gasteiger partial charge on any atom is 0.326 e. The Hall–Kier alpha value is -2.58. The van der Waals surface area contributed by atoms with Crippen LogP contribution in [0.5, 0.6) is 0 Å². The molecule has 1 amide bonds. The van der Waals surface area contributed by atoms with Gasteiger partial charge in [0.1, 0.15) is 6.04 Å². The van der Waals surface area contributed by atoms with Gasteiger partial charge in [-0.2, -0.15) is 0 Å². The van der Waals surface area contributed by atoms with E-state index in [9.17, 15) is 19.1 Å². The Balaban J connectivity index is 1.40. The van der Waals surface area contributed by atoms with E-state index in [0.29, 0.717) is 6.61 Å². The van der Waals surface area contributed by atoms with Gasteiger partial charge in [0.25, 0.3) is 5.91 Å². The monoisotopic (exact) mass is 477 g/mol. The van der Waals surface area contributed by atoms with Crippen molar-refractivity contribution in [3.05, 3.63) is 57.9 Å². The van der Waals surface area contributed by atoms with Crippen molar-refractivity contribution >= 4 is 23.5 Å². The Morgan fingerprint density at radius 2 is 2.03 bits per heavy atom. The van der Waals surface area contributed by atoms with Crippen LogP contribution < -0.4 is 5.32 Å². The first kappa shape index (κ1) is 25.1. The molecule has 0 aliphatic heterocycles. The summed E-state index contributed by atoms with van der Waals surface area (Å²) in [6, 6.07) is 3.08. The lowest BCUT2D eigenvalue weighted by Gasteiger charge is -2.17. The Morgan fingerprint density at radius 3 is 2.79 bits per heavy atom. The van der Waals surface area contributed by atoms with Gasteiger partial charge in [0.15, 0.2) is 5.82 Å². The number of nitrogens with zero attached hydrogens (tertiary/aromatic N) is 2. The quantitative estimate of drug-likeness (QED) is 0.474.